The van der Waals surface area contributed by atoms with Crippen LogP contribution in [-0.4, -0.2) is 39.5 Å². The number of methoxy groups -OCH3 is 1. The molecule has 2 aromatic heterocycles. The number of carbonyl (C=O) groups is 2. The molecule has 0 saturated carbocycles. The van der Waals surface area contributed by atoms with E-state index >= 15 is 0 Å². The van der Waals surface area contributed by atoms with E-state index < -0.39 is 5.97 Å². The van der Waals surface area contributed by atoms with E-state index in [1.165, 1.54) is 30.2 Å². The second-order valence-electron chi connectivity index (χ2n) is 7.59. The van der Waals surface area contributed by atoms with Gasteiger partial charge in [0.15, 0.2) is 11.0 Å². The molecule has 0 atom stereocenters. The number of hydrogen-bond donors (Lipinski definition) is 1. The molecular formula is C26H23ClN4O4S2. The predicted molar refractivity (Wildman–Crippen MR) is 146 cm³/mol. The first-order valence-electron chi connectivity index (χ1n) is 11.1. The Balaban J connectivity index is 1.45. The van der Waals surface area contributed by atoms with Crippen LogP contribution in [0.3, 0.4) is 0 Å². The van der Waals surface area contributed by atoms with Gasteiger partial charge in [0, 0.05) is 22.5 Å². The topological polar surface area (TPSA) is 95.3 Å². The van der Waals surface area contributed by atoms with E-state index in [2.05, 4.69) is 22.1 Å². The molecule has 1 amide bonds. The first kappa shape index (κ1) is 26.5. The second kappa shape index (κ2) is 12.6. The molecule has 0 bridgehead atoms. The molecule has 0 fully saturated rings. The Morgan fingerprint density at radius 3 is 2.62 bits per heavy atom. The van der Waals surface area contributed by atoms with Crippen molar-refractivity contribution in [3.05, 3.63) is 89.0 Å². The third kappa shape index (κ3) is 6.59. The first-order chi connectivity index (χ1) is 18.0. The lowest BCUT2D eigenvalue weighted by atomic mass is 10.0. The highest BCUT2D eigenvalue weighted by Gasteiger charge is 2.23. The molecule has 0 saturated heterocycles. The van der Waals surface area contributed by atoms with Crippen molar-refractivity contribution in [3.63, 3.8) is 0 Å². The average molecular weight is 555 g/mol. The van der Waals surface area contributed by atoms with Crippen molar-refractivity contribution in [1.29, 1.82) is 0 Å². The SMILES string of the molecule is C=CCn1c(COc2ccccc2)nnc1SCC(=O)Nc1scc(-c2ccc(Cl)cc2)c1C(=O)OC. The standard InChI is InChI=1S/C26H23ClN4O4S2/c1-3-13-31-21(14-35-19-7-5-4-6-8-19)29-30-26(31)37-16-22(32)28-24-23(25(33)34-2)20(15-36-24)17-9-11-18(27)12-10-17/h3-12,15H,1,13-14,16H2,2H3,(H,28,32). The minimum atomic E-state index is -0.539. The number of esters is 1. The molecule has 4 rings (SSSR count). The van der Waals surface area contributed by atoms with Crippen LogP contribution in [0.4, 0.5) is 5.00 Å². The summed E-state index contributed by atoms with van der Waals surface area (Å²) >= 11 is 8.47. The monoisotopic (exact) mass is 554 g/mol. The lowest BCUT2D eigenvalue weighted by Crippen LogP contribution is -2.16. The fraction of sp³-hybridized carbons (Fsp3) is 0.154. The van der Waals surface area contributed by atoms with Gasteiger partial charge in [-0.3, -0.25) is 9.36 Å². The lowest BCUT2D eigenvalue weighted by molar-refractivity contribution is -0.113. The van der Waals surface area contributed by atoms with Crippen LogP contribution < -0.4 is 10.1 Å². The molecule has 37 heavy (non-hydrogen) atoms. The molecule has 0 aliphatic heterocycles. The van der Waals surface area contributed by atoms with Crippen molar-refractivity contribution in [3.8, 4) is 16.9 Å². The van der Waals surface area contributed by atoms with Gasteiger partial charge in [0.1, 0.15) is 22.9 Å². The number of nitrogens with zero attached hydrogens (tertiary/aromatic N) is 3. The van der Waals surface area contributed by atoms with E-state index in [0.29, 0.717) is 38.7 Å². The van der Waals surface area contributed by atoms with Crippen LogP contribution in [0.25, 0.3) is 11.1 Å². The van der Waals surface area contributed by atoms with Crippen LogP contribution in [-0.2, 0) is 22.7 Å². The molecule has 2 aromatic carbocycles. The number of thiophene rings is 1. The number of thioether (sulfide) groups is 1. The number of benzene rings is 2. The summed E-state index contributed by atoms with van der Waals surface area (Å²) in [6.07, 6.45) is 1.73. The molecule has 0 unspecified atom stereocenters. The Morgan fingerprint density at radius 1 is 1.16 bits per heavy atom. The number of allylic oxidation sites excluding steroid dienone is 1. The number of hydrogen-bond acceptors (Lipinski definition) is 8. The van der Waals surface area contributed by atoms with Gasteiger partial charge < -0.3 is 14.8 Å². The van der Waals surface area contributed by atoms with Crippen LogP contribution >= 0.6 is 34.7 Å². The fourth-order valence-corrected chi connectivity index (χ4v) is 5.27. The van der Waals surface area contributed by atoms with Crippen LogP contribution in [0, 0.1) is 0 Å². The number of nitrogens with one attached hydrogen (secondary N) is 1. The van der Waals surface area contributed by atoms with Crippen LogP contribution in [0.1, 0.15) is 16.2 Å². The maximum atomic E-state index is 12.8. The van der Waals surface area contributed by atoms with Gasteiger partial charge in [0.25, 0.3) is 0 Å². The fourth-order valence-electron chi connectivity index (χ4n) is 3.40. The van der Waals surface area contributed by atoms with Gasteiger partial charge in [-0.1, -0.05) is 59.8 Å². The van der Waals surface area contributed by atoms with Crippen molar-refractivity contribution < 1.29 is 19.1 Å². The van der Waals surface area contributed by atoms with Gasteiger partial charge >= 0.3 is 5.97 Å². The van der Waals surface area contributed by atoms with Gasteiger partial charge in [-0.25, -0.2) is 4.79 Å². The molecule has 11 heteroatoms. The zero-order valence-electron chi connectivity index (χ0n) is 19.8. The number of ether oxygens (including phenoxy) is 2. The largest absolute Gasteiger partial charge is 0.486 e. The summed E-state index contributed by atoms with van der Waals surface area (Å²) < 4.78 is 12.6. The molecule has 8 nitrogen and oxygen atoms in total. The molecule has 2 heterocycles. The third-order valence-corrected chi connectivity index (χ3v) is 7.25. The zero-order valence-corrected chi connectivity index (χ0v) is 22.2. The normalized spacial score (nSPS) is 10.6. The third-order valence-electron chi connectivity index (χ3n) is 5.14. The van der Waals surface area contributed by atoms with E-state index in [1.807, 2.05) is 47.0 Å². The van der Waals surface area contributed by atoms with Gasteiger partial charge in [0.2, 0.25) is 5.91 Å². The summed E-state index contributed by atoms with van der Waals surface area (Å²) in [6.45, 7) is 4.49. The molecule has 0 aliphatic carbocycles. The zero-order chi connectivity index (χ0) is 26.2. The Labute approximate surface area is 227 Å². The maximum absolute atomic E-state index is 12.8. The van der Waals surface area contributed by atoms with Crippen molar-refractivity contribution in [2.45, 2.75) is 18.3 Å². The summed E-state index contributed by atoms with van der Waals surface area (Å²) in [4.78, 5) is 25.4. The minimum Gasteiger partial charge on any atom is -0.486 e. The van der Waals surface area contributed by atoms with Gasteiger partial charge in [-0.15, -0.1) is 28.1 Å². The quantitative estimate of drug-likeness (QED) is 0.139. The molecule has 190 valence electrons. The van der Waals surface area contributed by atoms with Gasteiger partial charge in [-0.2, -0.15) is 0 Å². The molecule has 0 radical (unpaired) electrons. The van der Waals surface area contributed by atoms with E-state index in [0.717, 1.165) is 11.3 Å². The van der Waals surface area contributed by atoms with Crippen LogP contribution in [0.2, 0.25) is 5.02 Å². The molecule has 1 N–H and O–H groups in total. The van der Waals surface area contributed by atoms with E-state index in [1.54, 1.807) is 23.6 Å². The molecular weight excluding hydrogens is 532 g/mol. The molecule has 4 aromatic rings. The Hall–Kier alpha value is -3.60. The summed E-state index contributed by atoms with van der Waals surface area (Å²) in [6, 6.07) is 16.5. The Bertz CT molecular complexity index is 1390. The highest BCUT2D eigenvalue weighted by Crippen LogP contribution is 2.36. The summed E-state index contributed by atoms with van der Waals surface area (Å²) in [5, 5.41) is 14.6. The van der Waals surface area contributed by atoms with Crippen molar-refractivity contribution in [2.75, 3.05) is 18.2 Å². The van der Waals surface area contributed by atoms with E-state index in [9.17, 15) is 9.59 Å². The maximum Gasteiger partial charge on any atom is 0.341 e. The molecule has 0 aliphatic rings. The van der Waals surface area contributed by atoms with E-state index in [-0.39, 0.29) is 18.3 Å². The average Bonchev–Trinajstić information content (AvgIpc) is 3.51. The number of para-hydroxylation sites is 1. The number of amides is 1. The summed E-state index contributed by atoms with van der Waals surface area (Å²) in [7, 11) is 1.30. The number of anilines is 1. The number of halogens is 1. The number of rotatable bonds is 11. The van der Waals surface area contributed by atoms with Crippen LogP contribution in [0.5, 0.6) is 5.75 Å². The first-order valence-corrected chi connectivity index (χ1v) is 13.3. The summed E-state index contributed by atoms with van der Waals surface area (Å²) in [5.41, 5.74) is 1.74. The van der Waals surface area contributed by atoms with E-state index in [4.69, 9.17) is 21.1 Å². The van der Waals surface area contributed by atoms with Gasteiger partial charge in [-0.05, 0) is 29.8 Å². The lowest BCUT2D eigenvalue weighted by Gasteiger charge is -2.10. The number of aromatic nitrogens is 3. The predicted octanol–water partition coefficient (Wildman–Crippen LogP) is 5.94. The number of carbonyl (C=O) groups excluding carboxylic acids is 2. The second-order valence-corrected chi connectivity index (χ2v) is 9.85. The smallest absolute Gasteiger partial charge is 0.341 e. The highest BCUT2D eigenvalue weighted by molar-refractivity contribution is 7.99. The van der Waals surface area contributed by atoms with Crippen molar-refractivity contribution >= 4 is 51.6 Å². The van der Waals surface area contributed by atoms with Gasteiger partial charge in [0.05, 0.1) is 12.9 Å². The minimum absolute atomic E-state index is 0.0591. The highest BCUT2D eigenvalue weighted by atomic mass is 35.5. The van der Waals surface area contributed by atoms with Crippen molar-refractivity contribution in [2.24, 2.45) is 0 Å². The molecule has 0 spiro atoms. The Morgan fingerprint density at radius 2 is 1.92 bits per heavy atom. The van der Waals surface area contributed by atoms with Crippen LogP contribution in [0.15, 0.2) is 77.8 Å². The van der Waals surface area contributed by atoms with Crippen molar-refractivity contribution in [1.82, 2.24) is 14.8 Å². The summed E-state index contributed by atoms with van der Waals surface area (Å²) in [5.74, 6) is 0.562. The Kier molecular flexibility index (Phi) is 8.99.